The molecule has 0 radical (unpaired) electrons. The Bertz CT molecular complexity index is 425. The van der Waals surface area contributed by atoms with Crippen LogP contribution in [0.5, 0.6) is 5.75 Å². The van der Waals surface area contributed by atoms with E-state index in [1.807, 2.05) is 19.1 Å². The summed E-state index contributed by atoms with van der Waals surface area (Å²) in [5, 5.41) is 3.07. The summed E-state index contributed by atoms with van der Waals surface area (Å²) in [4.78, 5) is 12.2. The van der Waals surface area contributed by atoms with Gasteiger partial charge in [-0.25, -0.2) is 0 Å². The van der Waals surface area contributed by atoms with E-state index in [9.17, 15) is 4.79 Å². The Morgan fingerprint density at radius 2 is 2.00 bits per heavy atom. The van der Waals surface area contributed by atoms with Gasteiger partial charge >= 0.3 is 0 Å². The maximum absolute atomic E-state index is 12.2. The van der Waals surface area contributed by atoms with Gasteiger partial charge in [-0.2, -0.15) is 0 Å². The largest absolute Gasteiger partial charge is 0.494 e. The summed E-state index contributed by atoms with van der Waals surface area (Å²) < 4.78 is 5.37. The molecule has 0 saturated heterocycles. The Morgan fingerprint density at radius 1 is 1.35 bits per heavy atom. The van der Waals surface area contributed by atoms with E-state index in [-0.39, 0.29) is 11.9 Å². The molecule has 1 atom stereocenters. The van der Waals surface area contributed by atoms with Crippen LogP contribution in [0.15, 0.2) is 24.3 Å². The average Bonchev–Trinajstić information content (AvgIpc) is 2.99. The minimum Gasteiger partial charge on any atom is -0.494 e. The molecule has 0 aliphatic heterocycles. The molecule has 0 bridgehead atoms. The molecule has 4 heteroatoms. The van der Waals surface area contributed by atoms with E-state index in [1.165, 1.54) is 25.7 Å². The van der Waals surface area contributed by atoms with E-state index in [2.05, 4.69) is 5.32 Å². The summed E-state index contributed by atoms with van der Waals surface area (Å²) in [6, 6.07) is 7.33. The number of ether oxygens (including phenoxy) is 1. The number of hydrogen-bond donors (Lipinski definition) is 2. The van der Waals surface area contributed by atoms with Gasteiger partial charge in [-0.15, -0.1) is 0 Å². The molecule has 1 aliphatic rings. The zero-order valence-corrected chi connectivity index (χ0v) is 12.1. The fourth-order valence-electron chi connectivity index (χ4n) is 2.85. The first-order chi connectivity index (χ1) is 9.74. The van der Waals surface area contributed by atoms with Gasteiger partial charge in [-0.3, -0.25) is 4.79 Å². The van der Waals surface area contributed by atoms with Gasteiger partial charge in [0.1, 0.15) is 5.75 Å². The molecule has 20 heavy (non-hydrogen) atoms. The molecule has 2 rings (SSSR count). The van der Waals surface area contributed by atoms with Gasteiger partial charge in [-0.1, -0.05) is 12.8 Å². The van der Waals surface area contributed by atoms with Crippen LogP contribution in [0.2, 0.25) is 0 Å². The van der Waals surface area contributed by atoms with Crippen molar-refractivity contribution in [2.24, 2.45) is 11.7 Å². The monoisotopic (exact) mass is 276 g/mol. The highest BCUT2D eigenvalue weighted by Gasteiger charge is 2.25. The van der Waals surface area contributed by atoms with Crippen LogP contribution < -0.4 is 15.8 Å². The lowest BCUT2D eigenvalue weighted by Crippen LogP contribution is -2.44. The number of carbonyl (C=O) groups excluding carboxylic acids is 1. The fourth-order valence-corrected chi connectivity index (χ4v) is 2.85. The molecule has 3 N–H and O–H groups in total. The van der Waals surface area contributed by atoms with Crippen molar-refractivity contribution in [2.75, 3.05) is 13.2 Å². The van der Waals surface area contributed by atoms with E-state index >= 15 is 0 Å². The number of carbonyl (C=O) groups is 1. The predicted octanol–water partition coefficient (Wildman–Crippen LogP) is 2.33. The topological polar surface area (TPSA) is 64.3 Å². The van der Waals surface area contributed by atoms with Crippen molar-refractivity contribution in [3.63, 3.8) is 0 Å². The quantitative estimate of drug-likeness (QED) is 0.838. The second-order valence-electron chi connectivity index (χ2n) is 5.32. The van der Waals surface area contributed by atoms with E-state index < -0.39 is 0 Å². The first-order valence-electron chi connectivity index (χ1n) is 7.48. The Kier molecular flexibility index (Phi) is 5.41. The summed E-state index contributed by atoms with van der Waals surface area (Å²) >= 11 is 0. The first-order valence-corrected chi connectivity index (χ1v) is 7.48. The fraction of sp³-hybridized carbons (Fsp3) is 0.562. The molecular formula is C16H24N2O2. The lowest BCUT2D eigenvalue weighted by molar-refractivity contribution is 0.0924. The molecular weight excluding hydrogens is 252 g/mol. The Hall–Kier alpha value is -1.55. The van der Waals surface area contributed by atoms with Crippen LogP contribution in [0, 0.1) is 5.92 Å². The molecule has 1 amide bonds. The van der Waals surface area contributed by atoms with Crippen LogP contribution in [0.4, 0.5) is 0 Å². The summed E-state index contributed by atoms with van der Waals surface area (Å²) in [5.74, 6) is 1.28. The molecule has 1 aromatic rings. The molecule has 1 saturated carbocycles. The Balaban J connectivity index is 1.95. The van der Waals surface area contributed by atoms with Gasteiger partial charge < -0.3 is 15.8 Å². The summed E-state index contributed by atoms with van der Waals surface area (Å²) in [6.07, 6.45) is 4.84. The second kappa shape index (κ2) is 7.29. The molecule has 0 aromatic heterocycles. The minimum absolute atomic E-state index is 0.0459. The first kappa shape index (κ1) is 14.9. The SMILES string of the molecule is CCOc1ccc(C(=O)NC(CN)C2CCCC2)cc1. The molecule has 110 valence electrons. The van der Waals surface area contributed by atoms with Crippen molar-refractivity contribution in [1.82, 2.24) is 5.32 Å². The maximum Gasteiger partial charge on any atom is 0.251 e. The van der Waals surface area contributed by atoms with Gasteiger partial charge in [-0.05, 0) is 49.9 Å². The highest BCUT2D eigenvalue weighted by molar-refractivity contribution is 5.94. The van der Waals surface area contributed by atoms with E-state index in [4.69, 9.17) is 10.5 Å². The highest BCUT2D eigenvalue weighted by atomic mass is 16.5. The average molecular weight is 276 g/mol. The van der Waals surface area contributed by atoms with Crippen LogP contribution in [0.3, 0.4) is 0 Å². The number of rotatable bonds is 6. The molecule has 0 heterocycles. The van der Waals surface area contributed by atoms with Crippen molar-refractivity contribution in [3.05, 3.63) is 29.8 Å². The number of hydrogen-bond acceptors (Lipinski definition) is 3. The second-order valence-corrected chi connectivity index (χ2v) is 5.32. The van der Waals surface area contributed by atoms with E-state index in [1.54, 1.807) is 12.1 Å². The van der Waals surface area contributed by atoms with Gasteiger partial charge in [0.15, 0.2) is 0 Å². The maximum atomic E-state index is 12.2. The predicted molar refractivity (Wildman–Crippen MR) is 79.9 cm³/mol. The number of benzene rings is 1. The van der Waals surface area contributed by atoms with Gasteiger partial charge in [0.05, 0.1) is 6.61 Å². The molecule has 1 aliphatic carbocycles. The van der Waals surface area contributed by atoms with Crippen molar-refractivity contribution >= 4 is 5.91 Å². The normalized spacial score (nSPS) is 16.9. The van der Waals surface area contributed by atoms with Crippen LogP contribution in [0.25, 0.3) is 0 Å². The third-order valence-corrected chi connectivity index (χ3v) is 3.97. The lowest BCUT2D eigenvalue weighted by atomic mass is 9.98. The van der Waals surface area contributed by atoms with Crippen LogP contribution in [-0.2, 0) is 0 Å². The molecule has 1 aromatic carbocycles. The van der Waals surface area contributed by atoms with Crippen LogP contribution >= 0.6 is 0 Å². The van der Waals surface area contributed by atoms with Crippen molar-refractivity contribution in [2.45, 2.75) is 38.6 Å². The van der Waals surface area contributed by atoms with Crippen LogP contribution in [-0.4, -0.2) is 25.1 Å². The van der Waals surface area contributed by atoms with Crippen molar-refractivity contribution < 1.29 is 9.53 Å². The zero-order chi connectivity index (χ0) is 14.4. The summed E-state index contributed by atoms with van der Waals surface area (Å²) in [7, 11) is 0. The Morgan fingerprint density at radius 3 is 2.55 bits per heavy atom. The van der Waals surface area contributed by atoms with Crippen molar-refractivity contribution in [1.29, 1.82) is 0 Å². The third kappa shape index (κ3) is 3.73. The van der Waals surface area contributed by atoms with Gasteiger partial charge in [0.25, 0.3) is 5.91 Å². The number of nitrogens with two attached hydrogens (primary N) is 1. The molecule has 4 nitrogen and oxygen atoms in total. The molecule has 1 unspecified atom stereocenters. The Labute approximate surface area is 120 Å². The highest BCUT2D eigenvalue weighted by Crippen LogP contribution is 2.27. The molecule has 0 spiro atoms. The smallest absolute Gasteiger partial charge is 0.251 e. The van der Waals surface area contributed by atoms with E-state index in [0.717, 1.165) is 5.75 Å². The zero-order valence-electron chi connectivity index (χ0n) is 12.1. The lowest BCUT2D eigenvalue weighted by Gasteiger charge is -2.23. The van der Waals surface area contributed by atoms with Gasteiger partial charge in [0.2, 0.25) is 0 Å². The summed E-state index contributed by atoms with van der Waals surface area (Å²) in [5.41, 5.74) is 6.47. The molecule has 1 fully saturated rings. The van der Waals surface area contributed by atoms with E-state index in [0.29, 0.717) is 24.6 Å². The van der Waals surface area contributed by atoms with Crippen molar-refractivity contribution in [3.8, 4) is 5.75 Å². The van der Waals surface area contributed by atoms with Crippen LogP contribution in [0.1, 0.15) is 43.0 Å². The number of nitrogens with one attached hydrogen (secondary N) is 1. The standard InChI is InChI=1S/C16H24N2O2/c1-2-20-14-9-7-13(8-10-14)16(19)18-15(11-17)12-5-3-4-6-12/h7-10,12,15H,2-6,11,17H2,1H3,(H,18,19). The third-order valence-electron chi connectivity index (χ3n) is 3.97. The number of amides is 1. The van der Waals surface area contributed by atoms with Gasteiger partial charge in [0, 0.05) is 18.2 Å². The minimum atomic E-state index is -0.0459. The summed E-state index contributed by atoms with van der Waals surface area (Å²) in [6.45, 7) is 3.07.